The molecule has 0 unspecified atom stereocenters. The summed E-state index contributed by atoms with van der Waals surface area (Å²) in [7, 11) is 0. The maximum Gasteiger partial charge on any atom is 0.0705 e. The number of hydrogen-bond acceptors (Lipinski definition) is 3. The summed E-state index contributed by atoms with van der Waals surface area (Å²) in [6.45, 7) is 3.94. The van der Waals surface area contributed by atoms with Gasteiger partial charge < -0.3 is 11.5 Å². The Balaban J connectivity index is 2.46. The lowest BCUT2D eigenvalue weighted by atomic mass is 9.98. The minimum Gasteiger partial charge on any atom is -0.398 e. The molecule has 0 radical (unpaired) electrons. The van der Waals surface area contributed by atoms with Crippen LogP contribution in [0.15, 0.2) is 36.4 Å². The summed E-state index contributed by atoms with van der Waals surface area (Å²) in [4.78, 5) is 0. The molecule has 0 bridgehead atoms. The van der Waals surface area contributed by atoms with E-state index in [9.17, 15) is 0 Å². The minimum atomic E-state index is 0.426. The van der Waals surface area contributed by atoms with Crippen molar-refractivity contribution in [3.63, 3.8) is 0 Å². The molecule has 0 saturated carbocycles. The lowest BCUT2D eigenvalue weighted by Gasteiger charge is -2.11. The van der Waals surface area contributed by atoms with Gasteiger partial charge in [0.05, 0.1) is 5.71 Å². The summed E-state index contributed by atoms with van der Waals surface area (Å²) in [5, 5.41) is 8.23. The zero-order chi connectivity index (χ0) is 13.3. The van der Waals surface area contributed by atoms with E-state index in [1.807, 2.05) is 44.2 Å². The average Bonchev–Trinajstić information content (AvgIpc) is 2.34. The van der Waals surface area contributed by atoms with Crippen LogP contribution in [-0.4, -0.2) is 5.71 Å². The number of nitrogens with two attached hydrogens (primary N) is 2. The smallest absolute Gasteiger partial charge is 0.0705 e. The van der Waals surface area contributed by atoms with Crippen LogP contribution in [0.25, 0.3) is 0 Å². The second-order valence-corrected chi connectivity index (χ2v) is 4.54. The first-order valence-corrected chi connectivity index (χ1v) is 5.80. The van der Waals surface area contributed by atoms with Gasteiger partial charge in [-0.25, -0.2) is 0 Å². The average molecular weight is 239 g/mol. The maximum atomic E-state index is 8.23. The third-order valence-corrected chi connectivity index (χ3v) is 3.05. The number of anilines is 2. The molecule has 0 aliphatic heterocycles. The molecule has 0 saturated heterocycles. The molecule has 2 rings (SSSR count). The van der Waals surface area contributed by atoms with Crippen molar-refractivity contribution in [2.24, 2.45) is 0 Å². The van der Waals surface area contributed by atoms with Crippen LogP contribution in [-0.2, 0) is 0 Å². The molecule has 2 aromatic rings. The lowest BCUT2D eigenvalue weighted by Crippen LogP contribution is -2.07. The highest BCUT2D eigenvalue weighted by atomic mass is 14.6. The molecule has 0 spiro atoms. The normalized spacial score (nSPS) is 10.3. The maximum absolute atomic E-state index is 8.23. The van der Waals surface area contributed by atoms with Gasteiger partial charge in [-0.2, -0.15) is 0 Å². The monoisotopic (exact) mass is 239 g/mol. The quantitative estimate of drug-likeness (QED) is 0.556. The van der Waals surface area contributed by atoms with Crippen molar-refractivity contribution >= 4 is 17.1 Å². The van der Waals surface area contributed by atoms with Gasteiger partial charge in [0.2, 0.25) is 0 Å². The number of nitrogen functional groups attached to an aromatic ring is 2. The molecule has 2 aromatic carbocycles. The molecule has 0 aliphatic rings. The first kappa shape index (κ1) is 12.2. The van der Waals surface area contributed by atoms with Gasteiger partial charge >= 0.3 is 0 Å². The number of aryl methyl sites for hydroxylation is 2. The summed E-state index contributed by atoms with van der Waals surface area (Å²) in [6, 6.07) is 11.4. The first-order chi connectivity index (χ1) is 8.49. The van der Waals surface area contributed by atoms with Crippen molar-refractivity contribution in [1.29, 1.82) is 5.41 Å². The third-order valence-electron chi connectivity index (χ3n) is 3.05. The SMILES string of the molecule is Cc1ccc(C(=N)c2cc(C)c(N)cc2N)cc1. The van der Waals surface area contributed by atoms with E-state index in [0.717, 1.165) is 16.7 Å². The highest BCUT2D eigenvalue weighted by molar-refractivity contribution is 6.14. The van der Waals surface area contributed by atoms with E-state index in [1.54, 1.807) is 6.07 Å². The molecule has 0 atom stereocenters. The Labute approximate surface area is 107 Å². The molecule has 5 N–H and O–H groups in total. The first-order valence-electron chi connectivity index (χ1n) is 5.80. The standard InChI is InChI=1S/C15H17N3/c1-9-3-5-11(6-4-9)15(18)12-7-10(2)13(16)8-14(12)17/h3-8,18H,16-17H2,1-2H3. The molecular formula is C15H17N3. The van der Waals surface area contributed by atoms with E-state index in [-0.39, 0.29) is 0 Å². The second-order valence-electron chi connectivity index (χ2n) is 4.54. The van der Waals surface area contributed by atoms with Gasteiger partial charge in [-0.15, -0.1) is 0 Å². The van der Waals surface area contributed by atoms with Crippen LogP contribution in [0.1, 0.15) is 22.3 Å². The van der Waals surface area contributed by atoms with E-state index in [0.29, 0.717) is 17.1 Å². The van der Waals surface area contributed by atoms with Gasteiger partial charge in [0, 0.05) is 22.5 Å². The Bertz CT molecular complexity index is 598. The molecule has 0 aromatic heterocycles. The Hall–Kier alpha value is -2.29. The number of hydrogen-bond donors (Lipinski definition) is 3. The van der Waals surface area contributed by atoms with E-state index < -0.39 is 0 Å². The largest absolute Gasteiger partial charge is 0.398 e. The second kappa shape index (κ2) is 4.53. The van der Waals surface area contributed by atoms with E-state index in [2.05, 4.69) is 0 Å². The van der Waals surface area contributed by atoms with Crippen molar-refractivity contribution in [3.05, 3.63) is 58.7 Å². The molecule has 3 nitrogen and oxygen atoms in total. The molecule has 3 heteroatoms. The molecule has 18 heavy (non-hydrogen) atoms. The Morgan fingerprint density at radius 3 is 2.17 bits per heavy atom. The Morgan fingerprint density at radius 2 is 1.56 bits per heavy atom. The van der Waals surface area contributed by atoms with Crippen molar-refractivity contribution in [1.82, 2.24) is 0 Å². The van der Waals surface area contributed by atoms with E-state index in [4.69, 9.17) is 16.9 Å². The van der Waals surface area contributed by atoms with Crippen LogP contribution in [0.4, 0.5) is 11.4 Å². The summed E-state index contributed by atoms with van der Waals surface area (Å²) in [5.74, 6) is 0. The predicted molar refractivity (Wildman–Crippen MR) is 77.1 cm³/mol. The summed E-state index contributed by atoms with van der Waals surface area (Å²) >= 11 is 0. The Morgan fingerprint density at radius 1 is 0.944 bits per heavy atom. The fourth-order valence-corrected chi connectivity index (χ4v) is 1.83. The summed E-state index contributed by atoms with van der Waals surface area (Å²) < 4.78 is 0. The van der Waals surface area contributed by atoms with Crippen molar-refractivity contribution in [2.45, 2.75) is 13.8 Å². The van der Waals surface area contributed by atoms with E-state index >= 15 is 0 Å². The van der Waals surface area contributed by atoms with Crippen LogP contribution < -0.4 is 11.5 Å². The topological polar surface area (TPSA) is 75.9 Å². The fraction of sp³-hybridized carbons (Fsp3) is 0.133. The highest BCUT2D eigenvalue weighted by Gasteiger charge is 2.10. The van der Waals surface area contributed by atoms with Crippen LogP contribution in [0.2, 0.25) is 0 Å². The van der Waals surface area contributed by atoms with Gasteiger partial charge in [-0.1, -0.05) is 29.8 Å². The van der Waals surface area contributed by atoms with Crippen molar-refractivity contribution in [2.75, 3.05) is 11.5 Å². The van der Waals surface area contributed by atoms with Crippen LogP contribution in [0, 0.1) is 19.3 Å². The van der Waals surface area contributed by atoms with Gasteiger partial charge in [-0.3, -0.25) is 5.41 Å². The zero-order valence-electron chi connectivity index (χ0n) is 10.6. The molecule has 0 aliphatic carbocycles. The zero-order valence-corrected chi connectivity index (χ0v) is 10.6. The minimum absolute atomic E-state index is 0.426. The van der Waals surface area contributed by atoms with Gasteiger partial charge in [0.15, 0.2) is 0 Å². The molecule has 92 valence electrons. The fourth-order valence-electron chi connectivity index (χ4n) is 1.83. The lowest BCUT2D eigenvalue weighted by molar-refractivity contribution is 1.40. The summed E-state index contributed by atoms with van der Waals surface area (Å²) in [5.41, 5.74) is 17.1. The molecule has 0 amide bonds. The van der Waals surface area contributed by atoms with Crippen molar-refractivity contribution in [3.8, 4) is 0 Å². The van der Waals surface area contributed by atoms with E-state index in [1.165, 1.54) is 5.56 Å². The third kappa shape index (κ3) is 2.20. The number of nitrogens with one attached hydrogen (secondary N) is 1. The number of rotatable bonds is 2. The molecule has 0 heterocycles. The van der Waals surface area contributed by atoms with Crippen LogP contribution in [0.5, 0.6) is 0 Å². The Kier molecular flexibility index (Phi) is 3.06. The van der Waals surface area contributed by atoms with Gasteiger partial charge in [0.25, 0.3) is 0 Å². The number of benzene rings is 2. The van der Waals surface area contributed by atoms with Crippen LogP contribution >= 0.6 is 0 Å². The predicted octanol–water partition coefficient (Wildman–Crippen LogP) is 2.88. The highest BCUT2D eigenvalue weighted by Crippen LogP contribution is 2.23. The molecule has 0 fully saturated rings. The molecular weight excluding hydrogens is 222 g/mol. The van der Waals surface area contributed by atoms with Crippen molar-refractivity contribution < 1.29 is 0 Å². The van der Waals surface area contributed by atoms with Gasteiger partial charge in [0.1, 0.15) is 0 Å². The van der Waals surface area contributed by atoms with Crippen LogP contribution in [0.3, 0.4) is 0 Å². The van der Waals surface area contributed by atoms with Gasteiger partial charge in [-0.05, 0) is 31.5 Å². The summed E-state index contributed by atoms with van der Waals surface area (Å²) in [6.07, 6.45) is 0.